The third-order valence-electron chi connectivity index (χ3n) is 8.39. The van der Waals surface area contributed by atoms with Crippen LogP contribution in [0.5, 0.6) is 0 Å². The number of fused-ring (bicyclic) bond motifs is 7. The van der Waals surface area contributed by atoms with Gasteiger partial charge in [-0.3, -0.25) is 4.98 Å². The molecular formula is C39H26NOP. The minimum absolute atomic E-state index is 0.727. The Bertz CT molecular complexity index is 2270. The predicted octanol–water partition coefficient (Wildman–Crippen LogP) is 9.00. The van der Waals surface area contributed by atoms with Crippen molar-refractivity contribution in [2.45, 2.75) is 0 Å². The first-order valence-electron chi connectivity index (χ1n) is 14.2. The summed E-state index contributed by atoms with van der Waals surface area (Å²) in [4.78, 5) is 4.98. The molecule has 8 aromatic rings. The highest BCUT2D eigenvalue weighted by atomic mass is 31.2. The molecule has 0 aliphatic rings. The van der Waals surface area contributed by atoms with Crippen molar-refractivity contribution in [3.63, 3.8) is 0 Å². The van der Waals surface area contributed by atoms with Crippen LogP contribution in [0.3, 0.4) is 0 Å². The molecule has 1 aromatic heterocycles. The Labute approximate surface area is 244 Å². The van der Waals surface area contributed by atoms with Gasteiger partial charge in [0.25, 0.3) is 0 Å². The van der Waals surface area contributed by atoms with Crippen LogP contribution in [-0.4, -0.2) is 4.98 Å². The molecule has 0 radical (unpaired) electrons. The zero-order chi connectivity index (χ0) is 28.1. The van der Waals surface area contributed by atoms with Crippen LogP contribution in [0.4, 0.5) is 0 Å². The van der Waals surface area contributed by atoms with E-state index in [4.69, 9.17) is 4.98 Å². The molecule has 2 nitrogen and oxygen atoms in total. The number of pyridine rings is 1. The summed E-state index contributed by atoms with van der Waals surface area (Å²) >= 11 is 0. The fourth-order valence-corrected chi connectivity index (χ4v) is 8.93. The molecule has 1 heterocycles. The van der Waals surface area contributed by atoms with Gasteiger partial charge in [-0.2, -0.15) is 0 Å². The molecule has 42 heavy (non-hydrogen) atoms. The average molecular weight is 556 g/mol. The second kappa shape index (κ2) is 9.80. The van der Waals surface area contributed by atoms with Gasteiger partial charge >= 0.3 is 0 Å². The van der Waals surface area contributed by atoms with Crippen molar-refractivity contribution < 1.29 is 4.57 Å². The Morgan fingerprint density at radius 2 is 0.929 bits per heavy atom. The van der Waals surface area contributed by atoms with E-state index in [1.54, 1.807) is 0 Å². The van der Waals surface area contributed by atoms with E-state index in [1.807, 2.05) is 79.0 Å². The number of rotatable bonds is 4. The first kappa shape index (κ1) is 24.7. The van der Waals surface area contributed by atoms with Crippen LogP contribution in [-0.2, 0) is 4.57 Å². The maximum atomic E-state index is 14.9. The molecule has 0 aliphatic heterocycles. The zero-order valence-electron chi connectivity index (χ0n) is 22.8. The van der Waals surface area contributed by atoms with Crippen molar-refractivity contribution in [1.82, 2.24) is 4.98 Å². The first-order valence-corrected chi connectivity index (χ1v) is 15.9. The molecule has 3 heteroatoms. The van der Waals surface area contributed by atoms with Gasteiger partial charge in [0.1, 0.15) is 0 Å². The molecule has 0 N–H and O–H groups in total. The van der Waals surface area contributed by atoms with Crippen LogP contribution in [0.1, 0.15) is 0 Å². The minimum atomic E-state index is -3.09. The molecule has 0 atom stereocenters. The van der Waals surface area contributed by atoms with Crippen LogP contribution in [0.15, 0.2) is 158 Å². The third kappa shape index (κ3) is 3.80. The molecule has 0 aliphatic carbocycles. The molecule has 0 unspecified atom stereocenters. The van der Waals surface area contributed by atoms with Crippen molar-refractivity contribution in [3.05, 3.63) is 158 Å². The summed E-state index contributed by atoms with van der Waals surface area (Å²) in [5.41, 5.74) is 1.93. The number of aromatic nitrogens is 1. The minimum Gasteiger partial charge on any atom is -0.309 e. The number of benzene rings is 7. The summed E-state index contributed by atoms with van der Waals surface area (Å²) < 4.78 is 14.9. The molecule has 198 valence electrons. The lowest BCUT2D eigenvalue weighted by Gasteiger charge is -2.20. The van der Waals surface area contributed by atoms with Crippen LogP contribution >= 0.6 is 7.14 Å². The van der Waals surface area contributed by atoms with Crippen LogP contribution in [0.2, 0.25) is 0 Å². The van der Waals surface area contributed by atoms with E-state index in [1.165, 1.54) is 37.7 Å². The molecule has 7 aromatic carbocycles. The summed E-state index contributed by atoms with van der Waals surface area (Å²) in [5, 5.41) is 12.1. The Kier molecular flexibility index (Phi) is 5.77. The summed E-state index contributed by atoms with van der Waals surface area (Å²) in [5.74, 6) is 0. The van der Waals surface area contributed by atoms with Gasteiger partial charge in [0, 0.05) is 27.7 Å². The quantitative estimate of drug-likeness (QED) is 0.160. The first-order chi connectivity index (χ1) is 20.7. The Morgan fingerprint density at radius 3 is 1.57 bits per heavy atom. The van der Waals surface area contributed by atoms with E-state index >= 15 is 0 Å². The SMILES string of the molecule is O=P(c1ccccc1)(c1ccccc1)c1ccc(-c2cc3c(ccc4c5ccccc5ccc43)c3ccccc23)nc1. The normalized spacial score (nSPS) is 11.9. The fourth-order valence-electron chi connectivity index (χ4n) is 6.34. The molecule has 0 amide bonds. The van der Waals surface area contributed by atoms with E-state index in [-0.39, 0.29) is 0 Å². The number of hydrogen-bond donors (Lipinski definition) is 0. The lowest BCUT2D eigenvalue weighted by Crippen LogP contribution is -2.25. The average Bonchev–Trinajstić information content (AvgIpc) is 3.08. The molecule has 0 spiro atoms. The number of hydrogen-bond acceptors (Lipinski definition) is 2. The lowest BCUT2D eigenvalue weighted by molar-refractivity contribution is 0.592. The van der Waals surface area contributed by atoms with Crippen molar-refractivity contribution in [2.24, 2.45) is 0 Å². The standard InChI is InChI=1S/C39H26NOP/c41-42(28-12-3-1-4-13-28,29-14-5-2-6-15-29)30-20-24-39(40-26-30)38-25-37-35-21-19-27-11-7-8-16-31(27)34(35)22-23-36(37)32-17-9-10-18-33(32)38/h1-26H. The molecule has 0 bridgehead atoms. The van der Waals surface area contributed by atoms with Gasteiger partial charge in [0.15, 0.2) is 7.14 Å². The zero-order valence-corrected chi connectivity index (χ0v) is 23.7. The molecular weight excluding hydrogens is 529 g/mol. The van der Waals surface area contributed by atoms with Crippen molar-refractivity contribution in [2.75, 3.05) is 0 Å². The van der Waals surface area contributed by atoms with Gasteiger partial charge in [-0.1, -0.05) is 133 Å². The monoisotopic (exact) mass is 555 g/mol. The van der Waals surface area contributed by atoms with Crippen molar-refractivity contribution >= 4 is 66.1 Å². The van der Waals surface area contributed by atoms with Gasteiger partial charge in [0.2, 0.25) is 0 Å². The smallest absolute Gasteiger partial charge is 0.172 e. The van der Waals surface area contributed by atoms with E-state index in [0.717, 1.165) is 32.6 Å². The van der Waals surface area contributed by atoms with Gasteiger partial charge < -0.3 is 4.57 Å². The van der Waals surface area contributed by atoms with Crippen LogP contribution in [0.25, 0.3) is 54.3 Å². The highest BCUT2D eigenvalue weighted by Gasteiger charge is 2.30. The van der Waals surface area contributed by atoms with E-state index in [2.05, 4.69) is 78.9 Å². The molecule has 0 saturated carbocycles. The third-order valence-corrected chi connectivity index (χ3v) is 11.4. The molecule has 0 fully saturated rings. The largest absolute Gasteiger partial charge is 0.309 e. The second-order valence-corrected chi connectivity index (χ2v) is 13.5. The topological polar surface area (TPSA) is 30.0 Å². The maximum Gasteiger partial charge on any atom is 0.172 e. The number of nitrogens with zero attached hydrogens (tertiary/aromatic N) is 1. The van der Waals surface area contributed by atoms with Gasteiger partial charge in [-0.15, -0.1) is 0 Å². The van der Waals surface area contributed by atoms with Gasteiger partial charge in [-0.25, -0.2) is 0 Å². The molecule has 0 saturated heterocycles. The fraction of sp³-hybridized carbons (Fsp3) is 0. The Hall–Kier alpha value is -5.04. The van der Waals surface area contributed by atoms with E-state index < -0.39 is 7.14 Å². The Balaban J connectivity index is 1.35. The second-order valence-electron chi connectivity index (χ2n) is 10.7. The van der Waals surface area contributed by atoms with Gasteiger partial charge in [0.05, 0.1) is 5.69 Å². The summed E-state index contributed by atoms with van der Waals surface area (Å²) in [6.45, 7) is 0. The predicted molar refractivity (Wildman–Crippen MR) is 179 cm³/mol. The summed E-state index contributed by atoms with van der Waals surface area (Å²) in [6, 6.07) is 51.9. The summed E-state index contributed by atoms with van der Waals surface area (Å²) in [6.07, 6.45) is 1.81. The Morgan fingerprint density at radius 1 is 0.405 bits per heavy atom. The van der Waals surface area contributed by atoms with Crippen LogP contribution < -0.4 is 15.9 Å². The summed E-state index contributed by atoms with van der Waals surface area (Å²) in [7, 11) is -3.09. The van der Waals surface area contributed by atoms with Crippen LogP contribution in [0, 0.1) is 0 Å². The van der Waals surface area contributed by atoms with E-state index in [0.29, 0.717) is 0 Å². The van der Waals surface area contributed by atoms with Gasteiger partial charge in [-0.05, 0) is 61.3 Å². The van der Waals surface area contributed by atoms with E-state index in [9.17, 15) is 4.57 Å². The lowest BCUT2D eigenvalue weighted by atomic mass is 9.91. The van der Waals surface area contributed by atoms with Crippen molar-refractivity contribution in [1.29, 1.82) is 0 Å². The molecule has 8 rings (SSSR count). The maximum absolute atomic E-state index is 14.9. The highest BCUT2D eigenvalue weighted by Crippen LogP contribution is 2.43. The highest BCUT2D eigenvalue weighted by molar-refractivity contribution is 7.85. The van der Waals surface area contributed by atoms with Crippen molar-refractivity contribution in [3.8, 4) is 11.3 Å².